The molecular weight excluding hydrogens is 561 g/mol. The summed E-state index contributed by atoms with van der Waals surface area (Å²) in [4.78, 5) is 27.1. The van der Waals surface area contributed by atoms with Gasteiger partial charge in [0.15, 0.2) is 11.5 Å². The number of hydrogen-bond donors (Lipinski definition) is 4. The molecule has 1 atom stereocenters. The maximum Gasteiger partial charge on any atom is 0.287 e. The fourth-order valence-corrected chi connectivity index (χ4v) is 4.34. The third-order valence-corrected chi connectivity index (χ3v) is 6.44. The van der Waals surface area contributed by atoms with Gasteiger partial charge in [-0.15, -0.1) is 35.6 Å². The molecule has 39 heavy (non-hydrogen) atoms. The van der Waals surface area contributed by atoms with Gasteiger partial charge in [0.1, 0.15) is 11.6 Å². The Morgan fingerprint density at radius 3 is 2.21 bits per heavy atom. The Hall–Kier alpha value is -3.04. The van der Waals surface area contributed by atoms with Crippen molar-refractivity contribution < 1.29 is 14.0 Å². The number of alkyl halides is 2. The zero-order valence-corrected chi connectivity index (χ0v) is 23.8. The van der Waals surface area contributed by atoms with Crippen molar-refractivity contribution in [3.63, 3.8) is 0 Å². The van der Waals surface area contributed by atoms with Crippen molar-refractivity contribution in [2.24, 2.45) is 11.5 Å². The van der Waals surface area contributed by atoms with Crippen LogP contribution >= 0.6 is 35.6 Å². The van der Waals surface area contributed by atoms with Crippen molar-refractivity contribution in [3.8, 4) is 11.3 Å². The van der Waals surface area contributed by atoms with Gasteiger partial charge in [-0.1, -0.05) is 36.4 Å². The van der Waals surface area contributed by atoms with E-state index in [9.17, 15) is 9.59 Å². The van der Waals surface area contributed by atoms with E-state index in [1.54, 1.807) is 36.4 Å². The molecule has 11 heteroatoms. The van der Waals surface area contributed by atoms with Gasteiger partial charge >= 0.3 is 0 Å². The third kappa shape index (κ3) is 9.58. The third-order valence-electron chi connectivity index (χ3n) is 6.11. The molecule has 0 aliphatic heterocycles. The van der Waals surface area contributed by atoms with Crippen molar-refractivity contribution in [2.45, 2.75) is 25.3 Å². The summed E-state index contributed by atoms with van der Waals surface area (Å²) in [5.41, 5.74) is 15.0. The van der Waals surface area contributed by atoms with E-state index < -0.39 is 11.9 Å². The molecule has 0 saturated heterocycles. The van der Waals surface area contributed by atoms with Crippen LogP contribution in [0, 0.1) is 5.41 Å². The monoisotopic (exact) mass is 593 g/mol. The lowest BCUT2D eigenvalue weighted by Gasteiger charge is -2.23. The molecule has 0 fully saturated rings. The average molecular weight is 595 g/mol. The highest BCUT2D eigenvalue weighted by Gasteiger charge is 2.17. The van der Waals surface area contributed by atoms with Crippen LogP contribution in [0.1, 0.15) is 34.5 Å². The van der Waals surface area contributed by atoms with Crippen LogP contribution < -0.4 is 21.7 Å². The van der Waals surface area contributed by atoms with Gasteiger partial charge in [-0.2, -0.15) is 0 Å². The number of ketones is 1. The quantitative estimate of drug-likeness (QED) is 0.115. The molecule has 3 aromatic rings. The minimum absolute atomic E-state index is 0. The van der Waals surface area contributed by atoms with Crippen LogP contribution in [0.4, 0.5) is 5.69 Å². The molecule has 0 saturated carbocycles. The predicted molar refractivity (Wildman–Crippen MR) is 161 cm³/mol. The Morgan fingerprint density at radius 1 is 0.974 bits per heavy atom. The number of carbonyl (C=O) groups excluding carboxylic acids is 2. The summed E-state index contributed by atoms with van der Waals surface area (Å²) in [6.07, 6.45) is 1.74. The number of nitrogens with two attached hydrogens (primary N) is 2. The minimum atomic E-state index is -0.797. The zero-order valence-electron chi connectivity index (χ0n) is 21.5. The van der Waals surface area contributed by atoms with Crippen molar-refractivity contribution >= 4 is 58.8 Å². The van der Waals surface area contributed by atoms with Crippen LogP contribution in [0.2, 0.25) is 0 Å². The van der Waals surface area contributed by atoms with Crippen LogP contribution in [-0.4, -0.2) is 55.0 Å². The van der Waals surface area contributed by atoms with Crippen LogP contribution in [0.15, 0.2) is 65.1 Å². The largest absolute Gasteiger partial charge is 0.451 e. The maximum absolute atomic E-state index is 12.5. The molecule has 8 nitrogen and oxygen atoms in total. The highest BCUT2D eigenvalue weighted by atomic mass is 35.5. The van der Waals surface area contributed by atoms with Gasteiger partial charge in [-0.25, -0.2) is 0 Å². The van der Waals surface area contributed by atoms with Gasteiger partial charge in [-0.3, -0.25) is 15.0 Å². The first-order valence-electron chi connectivity index (χ1n) is 12.4. The first-order valence-corrected chi connectivity index (χ1v) is 13.5. The second-order valence-corrected chi connectivity index (χ2v) is 9.58. The molecule has 3 rings (SSSR count). The Kier molecular flexibility index (Phi) is 13.3. The van der Waals surface area contributed by atoms with E-state index in [1.807, 2.05) is 24.3 Å². The number of halogens is 3. The van der Waals surface area contributed by atoms with Crippen molar-refractivity contribution in [1.82, 2.24) is 5.32 Å². The SMILES string of the molecule is Cl.N=C(N)c1ccc(-c2ccc(C(=O)NCC(N)C(=O)CCCc3ccc(N(CCCl)CCCl)cc3)o2)cc1. The molecule has 1 heterocycles. The van der Waals surface area contributed by atoms with Crippen LogP contribution in [0.3, 0.4) is 0 Å². The average Bonchev–Trinajstić information content (AvgIpc) is 3.42. The van der Waals surface area contributed by atoms with Crippen LogP contribution in [0.5, 0.6) is 0 Å². The Morgan fingerprint density at radius 2 is 1.62 bits per heavy atom. The van der Waals surface area contributed by atoms with Gasteiger partial charge in [-0.05, 0) is 42.7 Å². The lowest BCUT2D eigenvalue weighted by molar-refractivity contribution is -0.120. The summed E-state index contributed by atoms with van der Waals surface area (Å²) in [6, 6.07) is 17.6. The number of hydrogen-bond acceptors (Lipinski definition) is 6. The second-order valence-electron chi connectivity index (χ2n) is 8.82. The number of amides is 1. The normalized spacial score (nSPS) is 11.4. The fourth-order valence-electron chi connectivity index (χ4n) is 3.93. The molecule has 1 amide bonds. The standard InChI is InChI=1S/C28H33Cl2N5O3.ClH/c29-14-16-35(17-15-30)22-10-4-19(5-11-22)2-1-3-24(36)23(31)18-34-28(37)26-13-12-25(38-26)20-6-8-21(9-7-20)27(32)33;/h4-13,23H,1-3,14-18,31H2,(H3,32,33)(H,34,37);1H. The first-order chi connectivity index (χ1) is 18.3. The summed E-state index contributed by atoms with van der Waals surface area (Å²) in [6.45, 7) is 1.48. The number of benzene rings is 2. The van der Waals surface area contributed by atoms with E-state index >= 15 is 0 Å². The topological polar surface area (TPSA) is 138 Å². The van der Waals surface area contributed by atoms with E-state index in [0.29, 0.717) is 35.9 Å². The molecular formula is C28H34Cl3N5O3. The Balaban J connectivity index is 0.00000533. The van der Waals surface area contributed by atoms with E-state index in [4.69, 9.17) is 44.5 Å². The molecule has 0 bridgehead atoms. The van der Waals surface area contributed by atoms with Crippen LogP contribution in [-0.2, 0) is 11.2 Å². The molecule has 0 spiro atoms. The molecule has 0 aliphatic carbocycles. The second kappa shape index (κ2) is 16.2. The number of rotatable bonds is 15. The molecule has 1 aromatic heterocycles. The van der Waals surface area contributed by atoms with Gasteiger partial charge in [0.05, 0.1) is 6.04 Å². The highest BCUT2D eigenvalue weighted by Crippen LogP contribution is 2.23. The molecule has 0 aliphatic rings. The minimum Gasteiger partial charge on any atom is -0.451 e. The highest BCUT2D eigenvalue weighted by molar-refractivity contribution is 6.18. The predicted octanol–water partition coefficient (Wildman–Crippen LogP) is 4.59. The number of carbonyl (C=O) groups is 2. The summed E-state index contributed by atoms with van der Waals surface area (Å²) in [7, 11) is 0. The summed E-state index contributed by atoms with van der Waals surface area (Å²) >= 11 is 11.8. The van der Waals surface area contributed by atoms with Crippen molar-refractivity contribution in [1.29, 1.82) is 5.41 Å². The number of furan rings is 1. The Labute approximate surface area is 244 Å². The number of anilines is 1. The molecule has 0 radical (unpaired) electrons. The lowest BCUT2D eigenvalue weighted by Crippen LogP contribution is -2.42. The van der Waals surface area contributed by atoms with Crippen LogP contribution in [0.25, 0.3) is 11.3 Å². The van der Waals surface area contributed by atoms with Gasteiger partial charge < -0.3 is 26.1 Å². The van der Waals surface area contributed by atoms with Crippen molar-refractivity contribution in [2.75, 3.05) is 36.3 Å². The van der Waals surface area contributed by atoms with Gasteiger partial charge in [0.2, 0.25) is 0 Å². The number of nitrogen functional groups attached to an aromatic ring is 1. The molecule has 2 aromatic carbocycles. The smallest absolute Gasteiger partial charge is 0.287 e. The summed E-state index contributed by atoms with van der Waals surface area (Å²) in [5.74, 6) is 1.10. The zero-order chi connectivity index (χ0) is 27.5. The van der Waals surface area contributed by atoms with Gasteiger partial charge in [0, 0.05) is 54.6 Å². The van der Waals surface area contributed by atoms with E-state index in [-0.39, 0.29) is 36.3 Å². The van der Waals surface area contributed by atoms with Gasteiger partial charge in [0.25, 0.3) is 5.91 Å². The molecule has 1 unspecified atom stereocenters. The number of aryl methyl sites for hydroxylation is 1. The van der Waals surface area contributed by atoms with E-state index in [0.717, 1.165) is 36.3 Å². The van der Waals surface area contributed by atoms with E-state index in [2.05, 4.69) is 10.2 Å². The maximum atomic E-state index is 12.5. The summed E-state index contributed by atoms with van der Waals surface area (Å²) in [5, 5.41) is 10.1. The number of nitrogens with zero attached hydrogens (tertiary/aromatic N) is 1. The lowest BCUT2D eigenvalue weighted by atomic mass is 10.0. The number of amidine groups is 1. The fraction of sp³-hybridized carbons (Fsp3) is 0.321. The molecule has 210 valence electrons. The van der Waals surface area contributed by atoms with E-state index in [1.165, 1.54) is 0 Å². The Bertz CT molecular complexity index is 1210. The first kappa shape index (κ1) is 32.2. The summed E-state index contributed by atoms with van der Waals surface area (Å²) < 4.78 is 5.65. The number of nitrogens with one attached hydrogen (secondary N) is 2. The number of Topliss-reactive ketones (excluding diaryl/α,β-unsaturated/α-hetero) is 1. The molecule has 6 N–H and O–H groups in total. The van der Waals surface area contributed by atoms with Crippen molar-refractivity contribution in [3.05, 3.63) is 77.6 Å².